The summed E-state index contributed by atoms with van der Waals surface area (Å²) in [5, 5.41) is 2.96. The van der Waals surface area contributed by atoms with Crippen LogP contribution in [0, 0.1) is 12.8 Å². The first kappa shape index (κ1) is 13.5. The highest BCUT2D eigenvalue weighted by Crippen LogP contribution is 2.26. The van der Waals surface area contributed by atoms with E-state index in [9.17, 15) is 4.79 Å². The van der Waals surface area contributed by atoms with Gasteiger partial charge in [0.2, 0.25) is 5.91 Å². The molecule has 0 unspecified atom stereocenters. The number of carbonyl (C=O) groups excluding carboxylic acids is 1. The molecule has 3 nitrogen and oxygen atoms in total. The highest BCUT2D eigenvalue weighted by molar-refractivity contribution is 9.10. The molecule has 1 aromatic heterocycles. The highest BCUT2D eigenvalue weighted by atomic mass is 79.9. The van der Waals surface area contributed by atoms with Gasteiger partial charge in [-0.25, -0.2) is 4.98 Å². The second-order valence-corrected chi connectivity index (χ2v) is 5.84. The van der Waals surface area contributed by atoms with Crippen LogP contribution in [0.1, 0.15) is 44.2 Å². The minimum absolute atomic E-state index is 0.120. The van der Waals surface area contributed by atoms with Crippen LogP contribution in [0.3, 0.4) is 0 Å². The van der Waals surface area contributed by atoms with Crippen LogP contribution >= 0.6 is 15.9 Å². The molecule has 18 heavy (non-hydrogen) atoms. The van der Waals surface area contributed by atoms with E-state index in [1.54, 1.807) is 0 Å². The van der Waals surface area contributed by atoms with E-state index in [0.29, 0.717) is 12.3 Å². The van der Waals surface area contributed by atoms with Crippen LogP contribution in [0.25, 0.3) is 0 Å². The predicted molar refractivity (Wildman–Crippen MR) is 76.5 cm³/mol. The molecule has 4 heteroatoms. The Kier molecular flexibility index (Phi) is 4.75. The number of hydrogen-bond donors (Lipinski definition) is 1. The maximum atomic E-state index is 12.0. The molecule has 1 aliphatic carbocycles. The van der Waals surface area contributed by atoms with Gasteiger partial charge < -0.3 is 5.32 Å². The fraction of sp³-hybridized carbons (Fsp3) is 0.571. The first-order chi connectivity index (χ1) is 8.65. The van der Waals surface area contributed by atoms with Gasteiger partial charge >= 0.3 is 0 Å². The van der Waals surface area contributed by atoms with Crippen LogP contribution in [-0.4, -0.2) is 10.9 Å². The van der Waals surface area contributed by atoms with Gasteiger partial charge in [-0.15, -0.1) is 0 Å². The number of aryl methyl sites for hydroxylation is 1. The Morgan fingerprint density at radius 2 is 2.11 bits per heavy atom. The van der Waals surface area contributed by atoms with Gasteiger partial charge in [-0.2, -0.15) is 0 Å². The second kappa shape index (κ2) is 6.32. The number of halogens is 1. The molecular formula is C14H19BrN2O. The summed E-state index contributed by atoms with van der Waals surface area (Å²) in [5.74, 6) is 0.691. The SMILES string of the molecule is Cc1nc(Br)ccc1NC(=O)CC1CCCCC1. The van der Waals surface area contributed by atoms with Crippen LogP contribution in [-0.2, 0) is 4.79 Å². The van der Waals surface area contributed by atoms with E-state index in [1.165, 1.54) is 32.1 Å². The van der Waals surface area contributed by atoms with Crippen LogP contribution < -0.4 is 5.32 Å². The molecule has 0 bridgehead atoms. The molecule has 0 aliphatic heterocycles. The number of aromatic nitrogens is 1. The molecule has 1 aliphatic rings. The zero-order chi connectivity index (χ0) is 13.0. The Hall–Kier alpha value is -0.900. The number of amides is 1. The summed E-state index contributed by atoms with van der Waals surface area (Å²) in [5.41, 5.74) is 1.67. The Labute approximate surface area is 117 Å². The maximum Gasteiger partial charge on any atom is 0.224 e. The van der Waals surface area contributed by atoms with Crippen molar-refractivity contribution in [2.75, 3.05) is 5.32 Å². The van der Waals surface area contributed by atoms with Crippen molar-refractivity contribution in [1.82, 2.24) is 4.98 Å². The largest absolute Gasteiger partial charge is 0.324 e. The lowest BCUT2D eigenvalue weighted by Gasteiger charge is -2.21. The molecule has 1 fully saturated rings. The number of hydrogen-bond acceptors (Lipinski definition) is 2. The molecule has 1 aromatic rings. The van der Waals surface area contributed by atoms with Crippen molar-refractivity contribution in [2.45, 2.75) is 45.4 Å². The molecule has 0 atom stereocenters. The topological polar surface area (TPSA) is 42.0 Å². The minimum atomic E-state index is 0.120. The molecule has 0 radical (unpaired) electrons. The van der Waals surface area contributed by atoms with Gasteiger partial charge in [-0.3, -0.25) is 4.79 Å². The lowest BCUT2D eigenvalue weighted by Crippen LogP contribution is -2.19. The third-order valence-electron chi connectivity index (χ3n) is 3.52. The molecule has 98 valence electrons. The van der Waals surface area contributed by atoms with Crippen molar-refractivity contribution in [3.05, 3.63) is 22.4 Å². The zero-order valence-electron chi connectivity index (χ0n) is 10.7. The Morgan fingerprint density at radius 1 is 1.39 bits per heavy atom. The van der Waals surface area contributed by atoms with E-state index < -0.39 is 0 Å². The van der Waals surface area contributed by atoms with Crippen LogP contribution in [0.15, 0.2) is 16.7 Å². The fourth-order valence-corrected chi connectivity index (χ4v) is 2.92. The number of rotatable bonds is 3. The summed E-state index contributed by atoms with van der Waals surface area (Å²) in [4.78, 5) is 16.2. The summed E-state index contributed by atoms with van der Waals surface area (Å²) in [6.07, 6.45) is 6.92. The second-order valence-electron chi connectivity index (χ2n) is 5.02. The van der Waals surface area contributed by atoms with Crippen LogP contribution in [0.4, 0.5) is 5.69 Å². The Morgan fingerprint density at radius 3 is 2.78 bits per heavy atom. The predicted octanol–water partition coefficient (Wildman–Crippen LogP) is 4.06. The average molecular weight is 311 g/mol. The van der Waals surface area contributed by atoms with E-state index >= 15 is 0 Å². The van der Waals surface area contributed by atoms with E-state index in [0.717, 1.165) is 16.0 Å². The lowest BCUT2D eigenvalue weighted by molar-refractivity contribution is -0.117. The van der Waals surface area contributed by atoms with Crippen molar-refractivity contribution in [3.8, 4) is 0 Å². The zero-order valence-corrected chi connectivity index (χ0v) is 12.3. The maximum absolute atomic E-state index is 12.0. The van der Waals surface area contributed by atoms with Crippen molar-refractivity contribution in [3.63, 3.8) is 0 Å². The molecule has 0 spiro atoms. The molecule has 0 aromatic carbocycles. The summed E-state index contributed by atoms with van der Waals surface area (Å²) < 4.78 is 0.797. The van der Waals surface area contributed by atoms with E-state index in [1.807, 2.05) is 19.1 Å². The lowest BCUT2D eigenvalue weighted by atomic mass is 9.87. The van der Waals surface area contributed by atoms with Gasteiger partial charge in [0.25, 0.3) is 0 Å². The number of anilines is 1. The number of nitrogens with zero attached hydrogens (tertiary/aromatic N) is 1. The van der Waals surface area contributed by atoms with Crippen LogP contribution in [0.2, 0.25) is 0 Å². The molecular weight excluding hydrogens is 292 g/mol. The first-order valence-electron chi connectivity index (χ1n) is 6.58. The smallest absolute Gasteiger partial charge is 0.224 e. The van der Waals surface area contributed by atoms with Gasteiger partial charge in [0.05, 0.1) is 11.4 Å². The quantitative estimate of drug-likeness (QED) is 0.855. The summed E-state index contributed by atoms with van der Waals surface area (Å²) in [7, 11) is 0. The highest BCUT2D eigenvalue weighted by Gasteiger charge is 2.17. The number of carbonyl (C=O) groups is 1. The molecule has 1 heterocycles. The van der Waals surface area contributed by atoms with Crippen molar-refractivity contribution >= 4 is 27.5 Å². The standard InChI is InChI=1S/C14H19BrN2O/c1-10-12(7-8-13(15)16-10)17-14(18)9-11-5-3-2-4-6-11/h7-8,11H,2-6,9H2,1H3,(H,17,18). The monoisotopic (exact) mass is 310 g/mol. The van der Waals surface area contributed by atoms with Gasteiger partial charge in [0, 0.05) is 6.42 Å². The first-order valence-corrected chi connectivity index (χ1v) is 7.37. The average Bonchev–Trinajstić information content (AvgIpc) is 2.34. The fourth-order valence-electron chi connectivity index (χ4n) is 2.52. The molecule has 2 rings (SSSR count). The van der Waals surface area contributed by atoms with Crippen molar-refractivity contribution in [1.29, 1.82) is 0 Å². The van der Waals surface area contributed by atoms with Crippen molar-refractivity contribution < 1.29 is 4.79 Å². The molecule has 0 saturated heterocycles. The molecule has 1 amide bonds. The third kappa shape index (κ3) is 3.80. The summed E-state index contributed by atoms with van der Waals surface area (Å²) >= 11 is 3.32. The van der Waals surface area contributed by atoms with E-state index in [4.69, 9.17) is 0 Å². The summed E-state index contributed by atoms with van der Waals surface area (Å²) in [6, 6.07) is 3.74. The van der Waals surface area contributed by atoms with E-state index in [-0.39, 0.29) is 5.91 Å². The van der Waals surface area contributed by atoms with Crippen LogP contribution in [0.5, 0.6) is 0 Å². The third-order valence-corrected chi connectivity index (χ3v) is 3.97. The van der Waals surface area contributed by atoms with Gasteiger partial charge in [0.1, 0.15) is 4.60 Å². The van der Waals surface area contributed by atoms with E-state index in [2.05, 4.69) is 26.2 Å². The van der Waals surface area contributed by atoms with Crippen molar-refractivity contribution in [2.24, 2.45) is 5.92 Å². The molecule has 1 saturated carbocycles. The van der Waals surface area contributed by atoms with Gasteiger partial charge in [-0.05, 0) is 53.7 Å². The normalized spacial score (nSPS) is 16.6. The van der Waals surface area contributed by atoms with Gasteiger partial charge in [0.15, 0.2) is 0 Å². The van der Waals surface area contributed by atoms with Gasteiger partial charge in [-0.1, -0.05) is 19.3 Å². The number of pyridine rings is 1. The number of nitrogens with one attached hydrogen (secondary N) is 1. The minimum Gasteiger partial charge on any atom is -0.324 e. The molecule has 1 N–H and O–H groups in total. The Balaban J connectivity index is 1.90. The summed E-state index contributed by atoms with van der Waals surface area (Å²) in [6.45, 7) is 1.90. The Bertz CT molecular complexity index is 428.